The maximum absolute atomic E-state index is 12.3. The highest BCUT2D eigenvalue weighted by Gasteiger charge is 2.21. The van der Waals surface area contributed by atoms with Crippen LogP contribution in [0.3, 0.4) is 0 Å². The van der Waals surface area contributed by atoms with Crippen LogP contribution in [0.15, 0.2) is 29.2 Å². The largest absolute Gasteiger partial charge is 0.331 e. The molecule has 1 aromatic rings. The van der Waals surface area contributed by atoms with Crippen LogP contribution in [-0.4, -0.2) is 29.8 Å². The molecule has 1 heterocycles. The SMILES string of the molecule is CCSc1ccc(C(C)NC(=O)N2CCC(C)CC2)cc1. The van der Waals surface area contributed by atoms with Gasteiger partial charge in [-0.05, 0) is 49.1 Å². The number of rotatable bonds is 4. The number of carbonyl (C=O) groups is 1. The van der Waals surface area contributed by atoms with E-state index < -0.39 is 0 Å². The van der Waals surface area contributed by atoms with Crippen molar-refractivity contribution in [3.63, 3.8) is 0 Å². The highest BCUT2D eigenvalue weighted by Crippen LogP contribution is 2.21. The molecule has 0 saturated carbocycles. The van der Waals surface area contributed by atoms with E-state index in [1.165, 1.54) is 4.90 Å². The molecule has 116 valence electrons. The predicted octanol–water partition coefficient (Wildman–Crippen LogP) is 4.30. The number of thioether (sulfide) groups is 1. The number of nitrogens with zero attached hydrogens (tertiary/aromatic N) is 1. The van der Waals surface area contributed by atoms with E-state index in [4.69, 9.17) is 0 Å². The molecule has 0 radical (unpaired) electrons. The number of hydrogen-bond acceptors (Lipinski definition) is 2. The molecule has 0 aliphatic carbocycles. The van der Waals surface area contributed by atoms with Crippen molar-refractivity contribution in [2.45, 2.75) is 44.6 Å². The van der Waals surface area contributed by atoms with Crippen molar-refractivity contribution in [2.75, 3.05) is 18.8 Å². The second-order valence-electron chi connectivity index (χ2n) is 5.84. The van der Waals surface area contributed by atoms with Gasteiger partial charge in [0, 0.05) is 18.0 Å². The number of piperidine rings is 1. The summed E-state index contributed by atoms with van der Waals surface area (Å²) in [5, 5.41) is 3.11. The van der Waals surface area contributed by atoms with Crippen molar-refractivity contribution in [1.82, 2.24) is 10.2 Å². The minimum atomic E-state index is 0.0533. The van der Waals surface area contributed by atoms with E-state index in [9.17, 15) is 4.79 Å². The lowest BCUT2D eigenvalue weighted by Gasteiger charge is -2.31. The van der Waals surface area contributed by atoms with Crippen molar-refractivity contribution >= 4 is 17.8 Å². The highest BCUT2D eigenvalue weighted by atomic mass is 32.2. The first-order valence-electron chi connectivity index (χ1n) is 7.88. The second kappa shape index (κ2) is 7.74. The van der Waals surface area contributed by atoms with Crippen LogP contribution in [-0.2, 0) is 0 Å². The first-order valence-corrected chi connectivity index (χ1v) is 8.87. The Labute approximate surface area is 132 Å². The minimum Gasteiger partial charge on any atom is -0.331 e. The van der Waals surface area contributed by atoms with Gasteiger partial charge in [0.25, 0.3) is 0 Å². The quantitative estimate of drug-likeness (QED) is 0.841. The molecule has 1 aliphatic heterocycles. The van der Waals surface area contributed by atoms with Gasteiger partial charge >= 0.3 is 6.03 Å². The van der Waals surface area contributed by atoms with Gasteiger partial charge in [-0.25, -0.2) is 4.79 Å². The van der Waals surface area contributed by atoms with E-state index in [-0.39, 0.29) is 12.1 Å². The fourth-order valence-corrected chi connectivity index (χ4v) is 3.25. The number of carbonyl (C=O) groups excluding carboxylic acids is 1. The van der Waals surface area contributed by atoms with E-state index in [2.05, 4.69) is 43.4 Å². The molecule has 1 aliphatic rings. The molecule has 4 heteroatoms. The van der Waals surface area contributed by atoms with Gasteiger partial charge in [-0.3, -0.25) is 0 Å². The standard InChI is InChI=1S/C17H26N2OS/c1-4-21-16-7-5-15(6-8-16)14(3)18-17(20)19-11-9-13(2)10-12-19/h5-8,13-14H,4,9-12H2,1-3H3,(H,18,20). The van der Waals surface area contributed by atoms with Crippen molar-refractivity contribution in [3.05, 3.63) is 29.8 Å². The summed E-state index contributed by atoms with van der Waals surface area (Å²) < 4.78 is 0. The van der Waals surface area contributed by atoms with Crippen LogP contribution in [0.5, 0.6) is 0 Å². The van der Waals surface area contributed by atoms with E-state index in [1.54, 1.807) is 0 Å². The number of amides is 2. The van der Waals surface area contributed by atoms with Crippen LogP contribution < -0.4 is 5.32 Å². The Morgan fingerprint density at radius 1 is 1.33 bits per heavy atom. The van der Waals surface area contributed by atoms with Crippen LogP contribution in [0.2, 0.25) is 0 Å². The maximum atomic E-state index is 12.3. The molecular formula is C17H26N2OS. The first-order chi connectivity index (χ1) is 10.1. The zero-order valence-electron chi connectivity index (χ0n) is 13.3. The van der Waals surface area contributed by atoms with Crippen molar-refractivity contribution in [3.8, 4) is 0 Å². The van der Waals surface area contributed by atoms with Crippen LogP contribution >= 0.6 is 11.8 Å². The summed E-state index contributed by atoms with van der Waals surface area (Å²) in [7, 11) is 0. The van der Waals surface area contributed by atoms with Gasteiger partial charge in [0.1, 0.15) is 0 Å². The van der Waals surface area contributed by atoms with Gasteiger partial charge in [0.2, 0.25) is 0 Å². The van der Waals surface area contributed by atoms with Crippen molar-refractivity contribution in [2.24, 2.45) is 5.92 Å². The maximum Gasteiger partial charge on any atom is 0.317 e. The highest BCUT2D eigenvalue weighted by molar-refractivity contribution is 7.99. The third-order valence-electron chi connectivity index (χ3n) is 4.10. The summed E-state index contributed by atoms with van der Waals surface area (Å²) in [6, 6.07) is 8.62. The molecule has 1 N–H and O–H groups in total. The van der Waals surface area contributed by atoms with Gasteiger partial charge in [-0.2, -0.15) is 0 Å². The molecule has 0 spiro atoms. The number of urea groups is 1. The number of nitrogens with one attached hydrogen (secondary N) is 1. The average Bonchev–Trinajstić information content (AvgIpc) is 2.49. The smallest absolute Gasteiger partial charge is 0.317 e. The lowest BCUT2D eigenvalue weighted by molar-refractivity contribution is 0.171. The topological polar surface area (TPSA) is 32.3 Å². The van der Waals surface area contributed by atoms with Crippen molar-refractivity contribution in [1.29, 1.82) is 0 Å². The number of likely N-dealkylation sites (tertiary alicyclic amines) is 1. The third-order valence-corrected chi connectivity index (χ3v) is 5.00. The zero-order valence-corrected chi connectivity index (χ0v) is 14.1. The molecule has 21 heavy (non-hydrogen) atoms. The zero-order chi connectivity index (χ0) is 15.2. The average molecular weight is 306 g/mol. The monoisotopic (exact) mass is 306 g/mol. The van der Waals surface area contributed by atoms with Crippen LogP contribution in [0, 0.1) is 5.92 Å². The van der Waals surface area contributed by atoms with E-state index in [1.807, 2.05) is 23.6 Å². The first kappa shape index (κ1) is 16.2. The Bertz CT molecular complexity index is 452. The van der Waals surface area contributed by atoms with Crippen LogP contribution in [0.1, 0.15) is 45.2 Å². The molecular weight excluding hydrogens is 280 g/mol. The van der Waals surface area contributed by atoms with E-state index >= 15 is 0 Å². The molecule has 1 fully saturated rings. The fourth-order valence-electron chi connectivity index (χ4n) is 2.59. The lowest BCUT2D eigenvalue weighted by atomic mass is 9.99. The Morgan fingerprint density at radius 3 is 2.52 bits per heavy atom. The Morgan fingerprint density at radius 2 is 1.95 bits per heavy atom. The van der Waals surface area contributed by atoms with Gasteiger partial charge < -0.3 is 10.2 Å². The molecule has 1 atom stereocenters. The van der Waals surface area contributed by atoms with Crippen LogP contribution in [0.25, 0.3) is 0 Å². The van der Waals surface area contributed by atoms with Crippen molar-refractivity contribution < 1.29 is 4.79 Å². The molecule has 3 nitrogen and oxygen atoms in total. The Kier molecular flexibility index (Phi) is 5.97. The normalized spacial score (nSPS) is 17.6. The molecule has 2 rings (SSSR count). The van der Waals surface area contributed by atoms with E-state index in [0.29, 0.717) is 0 Å². The number of hydrogen-bond donors (Lipinski definition) is 1. The summed E-state index contributed by atoms with van der Waals surface area (Å²) in [6.45, 7) is 8.22. The van der Waals surface area contributed by atoms with Crippen LogP contribution in [0.4, 0.5) is 4.79 Å². The van der Waals surface area contributed by atoms with E-state index in [0.717, 1.165) is 43.2 Å². The van der Waals surface area contributed by atoms with Gasteiger partial charge in [0.15, 0.2) is 0 Å². The summed E-state index contributed by atoms with van der Waals surface area (Å²) in [6.07, 6.45) is 2.23. The second-order valence-corrected chi connectivity index (χ2v) is 7.18. The Hall–Kier alpha value is -1.16. The summed E-state index contributed by atoms with van der Waals surface area (Å²) >= 11 is 1.84. The fraction of sp³-hybridized carbons (Fsp3) is 0.588. The molecule has 1 saturated heterocycles. The lowest BCUT2D eigenvalue weighted by Crippen LogP contribution is -2.44. The summed E-state index contributed by atoms with van der Waals surface area (Å²) in [4.78, 5) is 15.5. The molecule has 2 amide bonds. The van der Waals surface area contributed by atoms with Gasteiger partial charge in [-0.1, -0.05) is 26.0 Å². The molecule has 0 aromatic heterocycles. The summed E-state index contributed by atoms with van der Waals surface area (Å²) in [5.41, 5.74) is 1.16. The van der Waals surface area contributed by atoms with Gasteiger partial charge in [0.05, 0.1) is 6.04 Å². The molecule has 1 unspecified atom stereocenters. The molecule has 0 bridgehead atoms. The Balaban J connectivity index is 1.88. The predicted molar refractivity (Wildman–Crippen MR) is 89.8 cm³/mol. The summed E-state index contributed by atoms with van der Waals surface area (Å²) in [5.74, 6) is 1.83. The number of benzene rings is 1. The molecule has 1 aromatic carbocycles. The third kappa shape index (κ3) is 4.67. The van der Waals surface area contributed by atoms with Gasteiger partial charge in [-0.15, -0.1) is 11.8 Å². The minimum absolute atomic E-state index is 0.0533.